The Morgan fingerprint density at radius 2 is 1.86 bits per heavy atom. The number of esters is 1. The highest BCUT2D eigenvalue weighted by molar-refractivity contribution is 6.33. The van der Waals surface area contributed by atoms with Crippen molar-refractivity contribution in [2.75, 3.05) is 7.11 Å². The van der Waals surface area contributed by atoms with Crippen LogP contribution in [0.2, 0.25) is 5.02 Å². The van der Waals surface area contributed by atoms with Gasteiger partial charge < -0.3 is 10.1 Å². The van der Waals surface area contributed by atoms with Gasteiger partial charge in [0, 0.05) is 6.54 Å². The normalized spacial score (nSPS) is 10.1. The molecule has 1 amide bonds. The molecule has 0 radical (unpaired) electrons. The predicted octanol–water partition coefficient (Wildman–Crippen LogP) is 3.20. The summed E-state index contributed by atoms with van der Waals surface area (Å²) in [6.45, 7) is 0.185. The van der Waals surface area contributed by atoms with Crippen LogP contribution in [0.3, 0.4) is 0 Å². The summed E-state index contributed by atoms with van der Waals surface area (Å²) in [6, 6.07) is 10.6. The number of methoxy groups -OCH3 is 1. The Kier molecular flexibility index (Phi) is 5.12. The summed E-state index contributed by atoms with van der Waals surface area (Å²) in [5, 5.41) is 2.63. The molecule has 0 aliphatic carbocycles. The van der Waals surface area contributed by atoms with Crippen molar-refractivity contribution in [2.45, 2.75) is 6.54 Å². The number of ether oxygens (including phenoxy) is 1. The summed E-state index contributed by atoms with van der Waals surface area (Å²) in [4.78, 5) is 23.3. The van der Waals surface area contributed by atoms with Crippen LogP contribution in [0, 0.1) is 5.82 Å². The zero-order valence-electron chi connectivity index (χ0n) is 11.7. The predicted molar refractivity (Wildman–Crippen MR) is 80.4 cm³/mol. The number of carbonyl (C=O) groups is 2. The average Bonchev–Trinajstić information content (AvgIpc) is 2.52. The molecule has 0 aliphatic heterocycles. The van der Waals surface area contributed by atoms with Gasteiger partial charge in [-0.25, -0.2) is 9.18 Å². The van der Waals surface area contributed by atoms with Gasteiger partial charge in [0.05, 0.1) is 23.3 Å². The van der Waals surface area contributed by atoms with Crippen LogP contribution in [-0.2, 0) is 11.3 Å². The molecule has 2 rings (SSSR count). The first-order valence-corrected chi connectivity index (χ1v) is 6.80. The number of amides is 1. The number of halogens is 2. The van der Waals surface area contributed by atoms with Gasteiger partial charge >= 0.3 is 5.97 Å². The topological polar surface area (TPSA) is 55.4 Å². The molecule has 1 N–H and O–H groups in total. The van der Waals surface area contributed by atoms with E-state index in [0.29, 0.717) is 5.56 Å². The van der Waals surface area contributed by atoms with E-state index in [4.69, 9.17) is 11.6 Å². The van der Waals surface area contributed by atoms with E-state index in [2.05, 4.69) is 10.1 Å². The van der Waals surface area contributed by atoms with Gasteiger partial charge in [-0.3, -0.25) is 4.79 Å². The number of hydrogen-bond acceptors (Lipinski definition) is 3. The van der Waals surface area contributed by atoms with E-state index in [-0.39, 0.29) is 17.1 Å². The zero-order valence-corrected chi connectivity index (χ0v) is 12.5. The maximum Gasteiger partial charge on any atom is 0.337 e. The number of nitrogens with one attached hydrogen (secondary N) is 1. The lowest BCUT2D eigenvalue weighted by Crippen LogP contribution is -2.24. The second-order valence-corrected chi connectivity index (χ2v) is 4.88. The Labute approximate surface area is 131 Å². The second-order valence-electron chi connectivity index (χ2n) is 4.47. The quantitative estimate of drug-likeness (QED) is 0.880. The first kappa shape index (κ1) is 16.0. The van der Waals surface area contributed by atoms with Crippen molar-refractivity contribution in [3.8, 4) is 0 Å². The van der Waals surface area contributed by atoms with Gasteiger partial charge in [-0.2, -0.15) is 0 Å². The molecule has 114 valence electrons. The van der Waals surface area contributed by atoms with Gasteiger partial charge in [0.25, 0.3) is 5.91 Å². The summed E-state index contributed by atoms with van der Waals surface area (Å²) < 4.78 is 18.2. The minimum absolute atomic E-state index is 0.0542. The van der Waals surface area contributed by atoms with Crippen LogP contribution in [-0.4, -0.2) is 19.0 Å². The fraction of sp³-hybridized carbons (Fsp3) is 0.125. The molecule has 4 nitrogen and oxygen atoms in total. The number of hydrogen-bond donors (Lipinski definition) is 1. The number of rotatable bonds is 4. The van der Waals surface area contributed by atoms with E-state index in [9.17, 15) is 14.0 Å². The van der Waals surface area contributed by atoms with E-state index in [1.54, 1.807) is 24.3 Å². The maximum atomic E-state index is 13.6. The molecular weight excluding hydrogens is 309 g/mol. The summed E-state index contributed by atoms with van der Waals surface area (Å²) in [5.41, 5.74) is 0.985. The van der Waals surface area contributed by atoms with Crippen LogP contribution in [0.1, 0.15) is 26.3 Å². The Balaban J connectivity index is 2.04. The number of carbonyl (C=O) groups excluding carboxylic acids is 2. The van der Waals surface area contributed by atoms with Crippen molar-refractivity contribution in [1.82, 2.24) is 5.32 Å². The van der Waals surface area contributed by atoms with Gasteiger partial charge in [0.15, 0.2) is 0 Å². The van der Waals surface area contributed by atoms with E-state index in [1.807, 2.05) is 0 Å². The monoisotopic (exact) mass is 321 g/mol. The summed E-state index contributed by atoms with van der Waals surface area (Å²) in [7, 11) is 1.30. The molecule has 2 aromatic rings. The van der Waals surface area contributed by atoms with Crippen molar-refractivity contribution < 1.29 is 18.7 Å². The van der Waals surface area contributed by atoms with Crippen LogP contribution in [0.15, 0.2) is 42.5 Å². The van der Waals surface area contributed by atoms with Crippen molar-refractivity contribution in [1.29, 1.82) is 0 Å². The fourth-order valence-corrected chi connectivity index (χ4v) is 2.11. The molecule has 0 atom stereocenters. The Hall–Kier alpha value is -2.40. The average molecular weight is 322 g/mol. The highest BCUT2D eigenvalue weighted by Gasteiger charge is 2.15. The minimum Gasteiger partial charge on any atom is -0.465 e. The molecule has 0 heterocycles. The molecule has 0 aliphatic rings. The summed E-state index contributed by atoms with van der Waals surface area (Å²) >= 11 is 5.83. The summed E-state index contributed by atoms with van der Waals surface area (Å²) in [6.07, 6.45) is 0. The van der Waals surface area contributed by atoms with Gasteiger partial charge in [0.1, 0.15) is 5.82 Å². The van der Waals surface area contributed by atoms with E-state index < -0.39 is 17.7 Å². The fourth-order valence-electron chi connectivity index (χ4n) is 1.86. The maximum absolute atomic E-state index is 13.6. The zero-order chi connectivity index (χ0) is 16.1. The Morgan fingerprint density at radius 3 is 2.45 bits per heavy atom. The molecule has 22 heavy (non-hydrogen) atoms. The molecule has 2 aromatic carbocycles. The summed E-state index contributed by atoms with van der Waals surface area (Å²) in [5.74, 6) is -1.71. The number of benzene rings is 2. The van der Waals surface area contributed by atoms with Crippen LogP contribution in [0.5, 0.6) is 0 Å². The van der Waals surface area contributed by atoms with Crippen LogP contribution < -0.4 is 5.32 Å². The van der Waals surface area contributed by atoms with Crippen LogP contribution in [0.4, 0.5) is 4.39 Å². The molecule has 0 bridgehead atoms. The first-order valence-electron chi connectivity index (χ1n) is 6.42. The standard InChI is InChI=1S/C16H13ClFNO3/c1-22-16(21)11-7-5-10(6-8-11)9-19-15(20)14-12(17)3-2-4-13(14)18/h2-8H,9H2,1H3,(H,19,20). The van der Waals surface area contributed by atoms with E-state index in [0.717, 1.165) is 5.56 Å². The van der Waals surface area contributed by atoms with Gasteiger partial charge in [-0.05, 0) is 29.8 Å². The molecule has 0 fully saturated rings. The highest BCUT2D eigenvalue weighted by atomic mass is 35.5. The Bertz CT molecular complexity index is 681. The smallest absolute Gasteiger partial charge is 0.337 e. The SMILES string of the molecule is COC(=O)c1ccc(CNC(=O)c2c(F)cccc2Cl)cc1. The molecule has 0 spiro atoms. The lowest BCUT2D eigenvalue weighted by molar-refractivity contribution is 0.0600. The minimum atomic E-state index is -0.675. The Morgan fingerprint density at radius 1 is 1.18 bits per heavy atom. The third kappa shape index (κ3) is 3.62. The molecule has 0 saturated carbocycles. The van der Waals surface area contributed by atoms with Gasteiger partial charge in [-0.15, -0.1) is 0 Å². The first-order chi connectivity index (χ1) is 10.5. The molecule has 0 aromatic heterocycles. The molecule has 0 saturated heterocycles. The van der Waals surface area contributed by atoms with Crippen LogP contribution >= 0.6 is 11.6 Å². The van der Waals surface area contributed by atoms with Gasteiger partial charge in [0.2, 0.25) is 0 Å². The molecular formula is C16H13ClFNO3. The van der Waals surface area contributed by atoms with Crippen molar-refractivity contribution >= 4 is 23.5 Å². The van der Waals surface area contributed by atoms with Gasteiger partial charge in [-0.1, -0.05) is 29.8 Å². The molecule has 6 heteroatoms. The van der Waals surface area contributed by atoms with Crippen molar-refractivity contribution in [3.63, 3.8) is 0 Å². The lowest BCUT2D eigenvalue weighted by atomic mass is 10.1. The third-order valence-corrected chi connectivity index (χ3v) is 3.33. The van der Waals surface area contributed by atoms with E-state index in [1.165, 1.54) is 25.3 Å². The van der Waals surface area contributed by atoms with Crippen molar-refractivity contribution in [2.24, 2.45) is 0 Å². The highest BCUT2D eigenvalue weighted by Crippen LogP contribution is 2.18. The lowest BCUT2D eigenvalue weighted by Gasteiger charge is -2.08. The van der Waals surface area contributed by atoms with Crippen molar-refractivity contribution in [3.05, 3.63) is 70.0 Å². The second kappa shape index (κ2) is 7.04. The van der Waals surface area contributed by atoms with E-state index >= 15 is 0 Å². The third-order valence-electron chi connectivity index (χ3n) is 3.02. The molecule has 0 unspecified atom stereocenters. The van der Waals surface area contributed by atoms with Crippen LogP contribution in [0.25, 0.3) is 0 Å². The largest absolute Gasteiger partial charge is 0.465 e.